The number of anilines is 1. The van der Waals surface area contributed by atoms with Gasteiger partial charge in [-0.2, -0.15) is 0 Å². The summed E-state index contributed by atoms with van der Waals surface area (Å²) in [5, 5.41) is 3.09. The quantitative estimate of drug-likeness (QED) is 0.599. The standard InChI is InChI=1S/C17H26N2O2/c1-2-21-11-10-17(8-3-4-9-17)13-19-16(20)14-6-5-7-15(18)12-14/h5-7,12H,2-4,8-11,13,18H2,1H3,(H,19,20). The minimum atomic E-state index is -0.0371. The molecule has 4 nitrogen and oxygen atoms in total. The van der Waals surface area contributed by atoms with Gasteiger partial charge in [0.15, 0.2) is 0 Å². The van der Waals surface area contributed by atoms with Gasteiger partial charge in [-0.15, -0.1) is 0 Å². The molecule has 0 radical (unpaired) electrons. The highest BCUT2D eigenvalue weighted by molar-refractivity contribution is 5.95. The second kappa shape index (κ2) is 7.46. The summed E-state index contributed by atoms with van der Waals surface area (Å²) in [4.78, 5) is 12.2. The summed E-state index contributed by atoms with van der Waals surface area (Å²) in [6, 6.07) is 7.12. The Bertz CT molecular complexity index is 468. The Kier molecular flexibility index (Phi) is 5.62. The van der Waals surface area contributed by atoms with Crippen molar-refractivity contribution in [2.75, 3.05) is 25.5 Å². The fraction of sp³-hybridized carbons (Fsp3) is 0.588. The zero-order valence-corrected chi connectivity index (χ0v) is 12.9. The highest BCUT2D eigenvalue weighted by Gasteiger charge is 2.33. The Hall–Kier alpha value is -1.55. The third-order valence-corrected chi connectivity index (χ3v) is 4.42. The van der Waals surface area contributed by atoms with Crippen LogP contribution < -0.4 is 11.1 Å². The summed E-state index contributed by atoms with van der Waals surface area (Å²) >= 11 is 0. The monoisotopic (exact) mass is 290 g/mol. The van der Waals surface area contributed by atoms with Crippen LogP contribution in [0.5, 0.6) is 0 Å². The van der Waals surface area contributed by atoms with Crippen LogP contribution in [0, 0.1) is 5.41 Å². The van der Waals surface area contributed by atoms with Crippen molar-refractivity contribution >= 4 is 11.6 Å². The molecule has 21 heavy (non-hydrogen) atoms. The molecule has 1 aromatic rings. The smallest absolute Gasteiger partial charge is 0.251 e. The lowest BCUT2D eigenvalue weighted by Gasteiger charge is -2.29. The van der Waals surface area contributed by atoms with E-state index in [1.54, 1.807) is 18.2 Å². The van der Waals surface area contributed by atoms with E-state index in [1.807, 2.05) is 13.0 Å². The molecular formula is C17H26N2O2. The van der Waals surface area contributed by atoms with Crippen LogP contribution in [0.3, 0.4) is 0 Å². The van der Waals surface area contributed by atoms with E-state index in [1.165, 1.54) is 25.7 Å². The highest BCUT2D eigenvalue weighted by atomic mass is 16.5. The van der Waals surface area contributed by atoms with Crippen molar-refractivity contribution in [3.63, 3.8) is 0 Å². The molecule has 116 valence electrons. The van der Waals surface area contributed by atoms with Crippen LogP contribution >= 0.6 is 0 Å². The number of nitrogen functional groups attached to an aromatic ring is 1. The van der Waals surface area contributed by atoms with Crippen LogP contribution in [0.2, 0.25) is 0 Å². The molecule has 1 saturated carbocycles. The van der Waals surface area contributed by atoms with Gasteiger partial charge in [0, 0.05) is 31.0 Å². The van der Waals surface area contributed by atoms with Crippen molar-refractivity contribution in [1.82, 2.24) is 5.32 Å². The summed E-state index contributed by atoms with van der Waals surface area (Å²) in [5.41, 5.74) is 7.19. The molecule has 2 rings (SSSR count). The first-order chi connectivity index (χ1) is 10.2. The Labute approximate surface area is 127 Å². The molecule has 1 amide bonds. The normalized spacial score (nSPS) is 16.8. The zero-order valence-electron chi connectivity index (χ0n) is 12.9. The van der Waals surface area contributed by atoms with Crippen molar-refractivity contribution < 1.29 is 9.53 Å². The Morgan fingerprint density at radius 3 is 2.81 bits per heavy atom. The number of amides is 1. The summed E-state index contributed by atoms with van der Waals surface area (Å²) in [5.74, 6) is -0.0371. The van der Waals surface area contributed by atoms with Crippen LogP contribution in [-0.4, -0.2) is 25.7 Å². The summed E-state index contributed by atoms with van der Waals surface area (Å²) in [6.07, 6.45) is 5.88. The first-order valence-electron chi connectivity index (χ1n) is 7.87. The van der Waals surface area contributed by atoms with Gasteiger partial charge in [-0.3, -0.25) is 4.79 Å². The van der Waals surface area contributed by atoms with Crippen LogP contribution in [0.1, 0.15) is 49.4 Å². The summed E-state index contributed by atoms with van der Waals surface area (Å²) in [6.45, 7) is 4.28. The van der Waals surface area contributed by atoms with Gasteiger partial charge >= 0.3 is 0 Å². The average Bonchev–Trinajstić information content (AvgIpc) is 2.94. The van der Waals surface area contributed by atoms with Crippen LogP contribution in [0.25, 0.3) is 0 Å². The van der Waals surface area contributed by atoms with Crippen molar-refractivity contribution in [3.8, 4) is 0 Å². The van der Waals surface area contributed by atoms with Gasteiger partial charge in [0.2, 0.25) is 0 Å². The fourth-order valence-corrected chi connectivity index (χ4v) is 3.12. The van der Waals surface area contributed by atoms with Crippen molar-refractivity contribution in [1.29, 1.82) is 0 Å². The number of nitrogens with two attached hydrogens (primary N) is 1. The van der Waals surface area contributed by atoms with Gasteiger partial charge in [-0.05, 0) is 49.8 Å². The molecule has 0 unspecified atom stereocenters. The minimum absolute atomic E-state index is 0.0371. The molecule has 0 saturated heterocycles. The predicted octanol–water partition coefficient (Wildman–Crippen LogP) is 2.99. The molecule has 0 spiro atoms. The number of hydrogen-bond acceptors (Lipinski definition) is 3. The number of nitrogens with one attached hydrogen (secondary N) is 1. The number of benzene rings is 1. The molecule has 1 fully saturated rings. The Balaban J connectivity index is 1.91. The van der Waals surface area contributed by atoms with Crippen LogP contribution in [0.4, 0.5) is 5.69 Å². The second-order valence-electron chi connectivity index (χ2n) is 5.96. The maximum Gasteiger partial charge on any atom is 0.251 e. The van der Waals surface area contributed by atoms with E-state index in [0.717, 1.165) is 26.2 Å². The maximum atomic E-state index is 12.2. The molecule has 0 heterocycles. The molecular weight excluding hydrogens is 264 g/mol. The van der Waals surface area contributed by atoms with E-state index in [4.69, 9.17) is 10.5 Å². The molecule has 3 N–H and O–H groups in total. The third kappa shape index (κ3) is 4.46. The lowest BCUT2D eigenvalue weighted by atomic mass is 9.83. The largest absolute Gasteiger partial charge is 0.399 e. The van der Waals surface area contributed by atoms with Gasteiger partial charge in [0.05, 0.1) is 0 Å². The molecule has 0 aromatic heterocycles. The van der Waals surface area contributed by atoms with E-state index < -0.39 is 0 Å². The van der Waals surface area contributed by atoms with E-state index in [-0.39, 0.29) is 11.3 Å². The van der Waals surface area contributed by atoms with Crippen molar-refractivity contribution in [2.24, 2.45) is 5.41 Å². The first-order valence-corrected chi connectivity index (χ1v) is 7.87. The number of carbonyl (C=O) groups excluding carboxylic acids is 1. The summed E-state index contributed by atoms with van der Waals surface area (Å²) in [7, 11) is 0. The van der Waals surface area contributed by atoms with E-state index in [0.29, 0.717) is 11.3 Å². The molecule has 4 heteroatoms. The molecule has 0 atom stereocenters. The second-order valence-corrected chi connectivity index (χ2v) is 5.96. The molecule has 1 aromatic carbocycles. The van der Waals surface area contributed by atoms with Gasteiger partial charge < -0.3 is 15.8 Å². The topological polar surface area (TPSA) is 64.3 Å². The Morgan fingerprint density at radius 1 is 1.38 bits per heavy atom. The predicted molar refractivity (Wildman–Crippen MR) is 85.2 cm³/mol. The van der Waals surface area contributed by atoms with Gasteiger partial charge in [0.25, 0.3) is 5.91 Å². The lowest BCUT2D eigenvalue weighted by molar-refractivity contribution is 0.0863. The lowest BCUT2D eigenvalue weighted by Crippen LogP contribution is -2.36. The third-order valence-electron chi connectivity index (χ3n) is 4.42. The SMILES string of the molecule is CCOCCC1(CNC(=O)c2cccc(N)c2)CCCC1. The van der Waals surface area contributed by atoms with Crippen molar-refractivity contribution in [3.05, 3.63) is 29.8 Å². The van der Waals surface area contributed by atoms with Crippen molar-refractivity contribution in [2.45, 2.75) is 39.0 Å². The molecule has 0 bridgehead atoms. The number of hydrogen-bond donors (Lipinski definition) is 2. The zero-order chi connectivity index (χ0) is 15.1. The van der Waals surface area contributed by atoms with Gasteiger partial charge in [-0.1, -0.05) is 18.9 Å². The maximum absolute atomic E-state index is 12.2. The average molecular weight is 290 g/mol. The number of rotatable bonds is 7. The first kappa shape index (κ1) is 15.8. The highest BCUT2D eigenvalue weighted by Crippen LogP contribution is 2.40. The number of carbonyl (C=O) groups is 1. The molecule has 1 aliphatic rings. The summed E-state index contributed by atoms with van der Waals surface area (Å²) < 4.78 is 5.50. The molecule has 0 aliphatic heterocycles. The fourth-order valence-electron chi connectivity index (χ4n) is 3.12. The van der Waals surface area contributed by atoms with Gasteiger partial charge in [0.1, 0.15) is 0 Å². The van der Waals surface area contributed by atoms with E-state index >= 15 is 0 Å². The Morgan fingerprint density at radius 2 is 2.14 bits per heavy atom. The van der Waals surface area contributed by atoms with E-state index in [9.17, 15) is 4.79 Å². The molecule has 1 aliphatic carbocycles. The minimum Gasteiger partial charge on any atom is -0.399 e. The van der Waals surface area contributed by atoms with Gasteiger partial charge in [-0.25, -0.2) is 0 Å². The van der Waals surface area contributed by atoms with Crippen LogP contribution in [-0.2, 0) is 4.74 Å². The van der Waals surface area contributed by atoms with Crippen LogP contribution in [0.15, 0.2) is 24.3 Å². The van der Waals surface area contributed by atoms with E-state index in [2.05, 4.69) is 5.32 Å². The number of ether oxygens (including phenoxy) is 1.